The summed E-state index contributed by atoms with van der Waals surface area (Å²) in [4.78, 5) is 9.11. The molecule has 2 aliphatic rings. The fourth-order valence-corrected chi connectivity index (χ4v) is 6.26. The number of nitrogens with zero attached hydrogens (tertiary/aromatic N) is 5. The molecule has 1 saturated heterocycles. The van der Waals surface area contributed by atoms with Crippen molar-refractivity contribution in [3.8, 4) is 0 Å². The molecule has 2 aromatic rings. The maximum Gasteiger partial charge on any atom is 0.192 e. The Hall–Kier alpha value is -0.823. The van der Waals surface area contributed by atoms with E-state index in [4.69, 9.17) is 35.2 Å². The fraction of sp³-hybridized carbons (Fsp3) is 0.826. The van der Waals surface area contributed by atoms with Gasteiger partial charge in [0.15, 0.2) is 35.6 Å². The Labute approximate surface area is 218 Å². The Bertz CT molecular complexity index is 1050. The van der Waals surface area contributed by atoms with E-state index in [-0.39, 0.29) is 29.4 Å². The van der Waals surface area contributed by atoms with Crippen LogP contribution in [-0.4, -0.2) is 76.3 Å². The Morgan fingerprint density at radius 1 is 1.17 bits per heavy atom. The maximum atomic E-state index is 6.43. The second-order valence-corrected chi connectivity index (χ2v) is 17.5. The SMILES string of the molecule is CCCSc1nc(Cl)c2nnn([C@H]3C[C@@H](OCCO[Si](C)(C)C(C)(C)C)[C@@H]4OC(C)(C)O[C@@H]43)c2n1. The minimum Gasteiger partial charge on any atom is -0.414 e. The van der Waals surface area contributed by atoms with Crippen molar-refractivity contribution in [3.05, 3.63) is 5.15 Å². The molecule has 0 unspecified atom stereocenters. The summed E-state index contributed by atoms with van der Waals surface area (Å²) < 4.78 is 27.0. The molecular formula is C23H38ClN5O4SSi. The molecule has 4 atom stereocenters. The molecule has 0 bridgehead atoms. The first-order valence-corrected chi connectivity index (χ1v) is 16.6. The molecule has 0 aromatic carbocycles. The number of aromatic nitrogens is 5. The van der Waals surface area contributed by atoms with Crippen molar-refractivity contribution in [1.82, 2.24) is 25.0 Å². The van der Waals surface area contributed by atoms with Crippen molar-refractivity contribution in [2.24, 2.45) is 0 Å². The summed E-state index contributed by atoms with van der Waals surface area (Å²) >= 11 is 8.00. The van der Waals surface area contributed by atoms with Crippen LogP contribution in [0.15, 0.2) is 5.16 Å². The van der Waals surface area contributed by atoms with Crippen LogP contribution in [0.4, 0.5) is 0 Å². The third kappa shape index (κ3) is 5.71. The van der Waals surface area contributed by atoms with E-state index >= 15 is 0 Å². The summed E-state index contributed by atoms with van der Waals surface area (Å²) in [6.07, 6.45) is 1.09. The van der Waals surface area contributed by atoms with Gasteiger partial charge in [-0.2, -0.15) is 0 Å². The van der Waals surface area contributed by atoms with Gasteiger partial charge in [-0.3, -0.25) is 0 Å². The number of hydrogen-bond donors (Lipinski definition) is 0. The lowest BCUT2D eigenvalue weighted by atomic mass is 10.2. The number of hydrogen-bond acceptors (Lipinski definition) is 9. The number of rotatable bonds is 9. The highest BCUT2D eigenvalue weighted by atomic mass is 35.5. The summed E-state index contributed by atoms with van der Waals surface area (Å²) in [6.45, 7) is 18.3. The molecule has 0 spiro atoms. The molecule has 3 heterocycles. The van der Waals surface area contributed by atoms with Crippen LogP contribution in [0, 0.1) is 0 Å². The van der Waals surface area contributed by atoms with E-state index in [0.717, 1.165) is 12.2 Å². The second-order valence-electron chi connectivity index (χ2n) is 11.2. The van der Waals surface area contributed by atoms with Gasteiger partial charge >= 0.3 is 0 Å². The van der Waals surface area contributed by atoms with Crippen molar-refractivity contribution >= 4 is 42.8 Å². The van der Waals surface area contributed by atoms with E-state index in [9.17, 15) is 0 Å². The van der Waals surface area contributed by atoms with Gasteiger partial charge in [0.25, 0.3) is 0 Å². The first kappa shape index (κ1) is 27.2. The predicted molar refractivity (Wildman–Crippen MR) is 140 cm³/mol. The monoisotopic (exact) mass is 543 g/mol. The van der Waals surface area contributed by atoms with E-state index in [1.165, 1.54) is 0 Å². The van der Waals surface area contributed by atoms with E-state index in [1.807, 2.05) is 18.5 Å². The van der Waals surface area contributed by atoms with Crippen molar-refractivity contribution in [2.45, 2.75) is 108 Å². The van der Waals surface area contributed by atoms with Gasteiger partial charge in [0.05, 0.1) is 25.4 Å². The Kier molecular flexibility index (Phi) is 7.89. The molecule has 0 N–H and O–H groups in total. The highest BCUT2D eigenvalue weighted by Crippen LogP contribution is 2.45. The van der Waals surface area contributed by atoms with Crippen LogP contribution in [0.5, 0.6) is 0 Å². The van der Waals surface area contributed by atoms with Gasteiger partial charge in [-0.25, -0.2) is 14.6 Å². The van der Waals surface area contributed by atoms with Gasteiger partial charge < -0.3 is 18.6 Å². The summed E-state index contributed by atoms with van der Waals surface area (Å²) in [6, 6.07) is -0.145. The minimum atomic E-state index is -1.83. The number of fused-ring (bicyclic) bond motifs is 2. The van der Waals surface area contributed by atoms with Gasteiger partial charge in [0.1, 0.15) is 12.2 Å². The summed E-state index contributed by atoms with van der Waals surface area (Å²) in [5.74, 6) is 0.202. The molecule has 0 radical (unpaired) electrons. The van der Waals surface area contributed by atoms with Crippen LogP contribution >= 0.6 is 23.4 Å². The zero-order valence-electron chi connectivity index (χ0n) is 22.0. The van der Waals surface area contributed by atoms with Crippen LogP contribution in [0.1, 0.15) is 60.4 Å². The molecular weight excluding hydrogens is 506 g/mol. The molecule has 2 aromatic heterocycles. The number of thioether (sulfide) groups is 1. The van der Waals surface area contributed by atoms with E-state index in [1.54, 1.807) is 11.8 Å². The molecule has 4 rings (SSSR count). The van der Waals surface area contributed by atoms with Crippen LogP contribution in [0.3, 0.4) is 0 Å². The minimum absolute atomic E-state index is 0.145. The van der Waals surface area contributed by atoms with Gasteiger partial charge in [-0.05, 0) is 38.4 Å². The van der Waals surface area contributed by atoms with Gasteiger partial charge in [-0.15, -0.1) is 5.10 Å². The van der Waals surface area contributed by atoms with Crippen molar-refractivity contribution in [1.29, 1.82) is 0 Å². The smallest absolute Gasteiger partial charge is 0.192 e. The predicted octanol–water partition coefficient (Wildman–Crippen LogP) is 5.25. The average Bonchev–Trinajstić information content (AvgIpc) is 3.40. The highest BCUT2D eigenvalue weighted by Gasteiger charge is 2.56. The molecule has 1 saturated carbocycles. The Morgan fingerprint density at radius 3 is 2.57 bits per heavy atom. The summed E-state index contributed by atoms with van der Waals surface area (Å²) in [7, 11) is -1.83. The maximum absolute atomic E-state index is 6.43. The van der Waals surface area contributed by atoms with E-state index in [0.29, 0.717) is 41.1 Å². The van der Waals surface area contributed by atoms with Crippen LogP contribution in [0.25, 0.3) is 11.2 Å². The molecule has 1 aliphatic heterocycles. The third-order valence-corrected chi connectivity index (χ3v) is 12.9. The van der Waals surface area contributed by atoms with Crippen LogP contribution in [0.2, 0.25) is 23.3 Å². The topological polar surface area (TPSA) is 93.4 Å². The fourth-order valence-electron chi connectivity index (χ4n) is 4.28. The van der Waals surface area contributed by atoms with Crippen LogP contribution < -0.4 is 0 Å². The van der Waals surface area contributed by atoms with Crippen molar-refractivity contribution in [2.75, 3.05) is 19.0 Å². The summed E-state index contributed by atoms with van der Waals surface area (Å²) in [5, 5.41) is 9.80. The standard InChI is InChI=1S/C23H38ClN5O4SSi/c1-9-12-34-21-25-19(24)16-20(26-21)29(28-27-16)14-13-15(18-17(14)32-23(5,6)33-18)30-10-11-31-35(7,8)22(2,3)4/h14-15,17-18H,9-13H2,1-8H3/t14-,15+,17+,18-/m0/s1. The molecule has 9 nitrogen and oxygen atoms in total. The lowest BCUT2D eigenvalue weighted by Gasteiger charge is -2.36. The molecule has 196 valence electrons. The van der Waals surface area contributed by atoms with Gasteiger partial charge in [-0.1, -0.05) is 56.3 Å². The first-order valence-electron chi connectivity index (χ1n) is 12.4. The zero-order chi connectivity index (χ0) is 25.6. The Morgan fingerprint density at radius 2 is 1.89 bits per heavy atom. The highest BCUT2D eigenvalue weighted by molar-refractivity contribution is 7.99. The third-order valence-electron chi connectivity index (χ3n) is 7.08. The molecule has 1 aliphatic carbocycles. The molecule has 35 heavy (non-hydrogen) atoms. The largest absolute Gasteiger partial charge is 0.414 e. The van der Waals surface area contributed by atoms with E-state index in [2.05, 4.69) is 56.1 Å². The zero-order valence-corrected chi connectivity index (χ0v) is 24.6. The first-order chi connectivity index (χ1) is 16.3. The number of ether oxygens (including phenoxy) is 3. The quantitative estimate of drug-likeness (QED) is 0.138. The van der Waals surface area contributed by atoms with Gasteiger partial charge in [0.2, 0.25) is 0 Å². The lowest BCUT2D eigenvalue weighted by Crippen LogP contribution is -2.42. The molecule has 12 heteroatoms. The molecule has 0 amide bonds. The normalized spacial score (nSPS) is 26.5. The average molecular weight is 544 g/mol. The lowest BCUT2D eigenvalue weighted by molar-refractivity contribution is -0.170. The Balaban J connectivity index is 1.52. The van der Waals surface area contributed by atoms with Gasteiger partial charge in [0, 0.05) is 12.2 Å². The summed E-state index contributed by atoms with van der Waals surface area (Å²) in [5.41, 5.74) is 1.11. The molecule has 2 fully saturated rings. The van der Waals surface area contributed by atoms with E-state index < -0.39 is 14.1 Å². The van der Waals surface area contributed by atoms with Crippen LogP contribution in [-0.2, 0) is 18.6 Å². The second kappa shape index (κ2) is 10.1. The van der Waals surface area contributed by atoms with Crippen molar-refractivity contribution in [3.63, 3.8) is 0 Å². The van der Waals surface area contributed by atoms with Crippen molar-refractivity contribution < 1.29 is 18.6 Å². The number of halogens is 1.